The first-order valence-electron chi connectivity index (χ1n) is 11.3. The number of ether oxygens (including phenoxy) is 3. The maximum absolute atomic E-state index is 12.9. The Morgan fingerprint density at radius 2 is 1.62 bits per heavy atom. The number of pyridine rings is 1. The van der Waals surface area contributed by atoms with E-state index in [9.17, 15) is 4.79 Å². The summed E-state index contributed by atoms with van der Waals surface area (Å²) in [6.07, 6.45) is 1.68. The monoisotopic (exact) mass is 461 g/mol. The van der Waals surface area contributed by atoms with E-state index in [4.69, 9.17) is 18.6 Å². The van der Waals surface area contributed by atoms with Crippen molar-refractivity contribution in [1.29, 1.82) is 0 Å². The number of fused-ring (bicyclic) bond motifs is 1. The van der Waals surface area contributed by atoms with Crippen LogP contribution in [0.25, 0.3) is 22.7 Å². The molecule has 0 aliphatic rings. The molecule has 0 unspecified atom stereocenters. The van der Waals surface area contributed by atoms with Crippen LogP contribution in [0.2, 0.25) is 0 Å². The van der Waals surface area contributed by atoms with Crippen molar-refractivity contribution in [3.63, 3.8) is 0 Å². The lowest BCUT2D eigenvalue weighted by atomic mass is 10.1. The molecule has 1 amide bonds. The number of oxazole rings is 1. The topological polar surface area (TPSA) is 95.7 Å². The van der Waals surface area contributed by atoms with Crippen molar-refractivity contribution in [2.24, 2.45) is 0 Å². The Hall–Kier alpha value is -4.07. The summed E-state index contributed by atoms with van der Waals surface area (Å²) in [5, 5.41) is 2.95. The minimum absolute atomic E-state index is 0.237. The summed E-state index contributed by atoms with van der Waals surface area (Å²) in [5.41, 5.74) is 3.42. The van der Waals surface area contributed by atoms with Crippen LogP contribution in [0.1, 0.15) is 36.7 Å². The van der Waals surface area contributed by atoms with Gasteiger partial charge < -0.3 is 23.9 Å². The van der Waals surface area contributed by atoms with Crippen molar-refractivity contribution in [3.8, 4) is 28.7 Å². The molecule has 0 radical (unpaired) electrons. The van der Waals surface area contributed by atoms with Gasteiger partial charge in [0.1, 0.15) is 0 Å². The number of nitrogens with zero attached hydrogens (tertiary/aromatic N) is 2. The Labute approximate surface area is 197 Å². The van der Waals surface area contributed by atoms with E-state index in [1.165, 1.54) is 0 Å². The first-order chi connectivity index (χ1) is 16.6. The summed E-state index contributed by atoms with van der Waals surface area (Å²) >= 11 is 0. The summed E-state index contributed by atoms with van der Waals surface area (Å²) in [4.78, 5) is 21.5. The van der Waals surface area contributed by atoms with Crippen LogP contribution in [0, 0.1) is 0 Å². The maximum Gasteiger partial charge on any atom is 0.251 e. The molecule has 0 spiro atoms. The Bertz CT molecular complexity index is 1210. The largest absolute Gasteiger partial charge is 0.490 e. The number of benzene rings is 2. The number of hydrogen-bond donors (Lipinski definition) is 1. The summed E-state index contributed by atoms with van der Waals surface area (Å²) in [6.45, 7) is 7.35. The predicted octanol–water partition coefficient (Wildman–Crippen LogP) is 5.02. The van der Waals surface area contributed by atoms with E-state index in [0.29, 0.717) is 66.3 Å². The van der Waals surface area contributed by atoms with E-state index in [2.05, 4.69) is 15.3 Å². The van der Waals surface area contributed by atoms with Crippen LogP contribution >= 0.6 is 0 Å². The molecule has 0 saturated carbocycles. The SMILES string of the molecule is CCOc1cc(C(=O)NCc2ccc(-c3nc4ncccc4o3)cc2)cc(OCC)c1OCC. The van der Waals surface area contributed by atoms with Crippen molar-refractivity contribution in [2.75, 3.05) is 19.8 Å². The third-order valence-corrected chi connectivity index (χ3v) is 4.99. The standard InChI is InChI=1S/C26H27N3O5/c1-4-31-21-14-19(15-22(32-5-2)23(21)33-6-3)25(30)28-16-17-9-11-18(12-10-17)26-29-24-20(34-26)8-7-13-27-24/h7-15H,4-6,16H2,1-3H3,(H,28,30). The smallest absolute Gasteiger partial charge is 0.251 e. The van der Waals surface area contributed by atoms with Gasteiger partial charge in [0.05, 0.1) is 19.8 Å². The number of rotatable bonds is 10. The summed E-state index contributed by atoms with van der Waals surface area (Å²) in [5.74, 6) is 1.74. The second-order valence-corrected chi connectivity index (χ2v) is 7.32. The first kappa shape index (κ1) is 23.1. The highest BCUT2D eigenvalue weighted by Crippen LogP contribution is 2.39. The molecule has 0 aliphatic heterocycles. The fourth-order valence-corrected chi connectivity index (χ4v) is 3.46. The van der Waals surface area contributed by atoms with Gasteiger partial charge in [-0.1, -0.05) is 12.1 Å². The van der Waals surface area contributed by atoms with Crippen molar-refractivity contribution in [1.82, 2.24) is 15.3 Å². The molecule has 2 aromatic heterocycles. The minimum atomic E-state index is -0.237. The molecular formula is C26H27N3O5. The van der Waals surface area contributed by atoms with E-state index >= 15 is 0 Å². The molecule has 4 aromatic rings. The highest BCUT2D eigenvalue weighted by Gasteiger charge is 2.18. The molecule has 0 saturated heterocycles. The second-order valence-electron chi connectivity index (χ2n) is 7.32. The molecule has 34 heavy (non-hydrogen) atoms. The number of nitrogens with one attached hydrogen (secondary N) is 1. The molecule has 0 fully saturated rings. The van der Waals surface area contributed by atoms with E-state index in [-0.39, 0.29) is 5.91 Å². The van der Waals surface area contributed by atoms with Crippen LogP contribution in [-0.2, 0) is 6.54 Å². The van der Waals surface area contributed by atoms with E-state index in [1.807, 2.05) is 57.2 Å². The van der Waals surface area contributed by atoms with Gasteiger partial charge in [0, 0.05) is 23.9 Å². The Morgan fingerprint density at radius 1 is 0.941 bits per heavy atom. The fraction of sp³-hybridized carbons (Fsp3) is 0.269. The summed E-state index contributed by atoms with van der Waals surface area (Å²) in [7, 11) is 0. The minimum Gasteiger partial charge on any atom is -0.490 e. The van der Waals surface area contributed by atoms with E-state index in [0.717, 1.165) is 11.1 Å². The Morgan fingerprint density at radius 3 is 2.24 bits per heavy atom. The van der Waals surface area contributed by atoms with Crippen molar-refractivity contribution in [2.45, 2.75) is 27.3 Å². The molecule has 8 nitrogen and oxygen atoms in total. The number of carbonyl (C=O) groups is 1. The molecule has 8 heteroatoms. The first-order valence-corrected chi connectivity index (χ1v) is 11.3. The number of carbonyl (C=O) groups excluding carboxylic acids is 1. The number of hydrogen-bond acceptors (Lipinski definition) is 7. The summed E-state index contributed by atoms with van der Waals surface area (Å²) in [6, 6.07) is 14.7. The molecule has 2 heterocycles. The van der Waals surface area contributed by atoms with Crippen LogP contribution in [-0.4, -0.2) is 35.7 Å². The summed E-state index contributed by atoms with van der Waals surface area (Å²) < 4.78 is 22.9. The van der Waals surface area contributed by atoms with Gasteiger partial charge >= 0.3 is 0 Å². The highest BCUT2D eigenvalue weighted by atomic mass is 16.5. The normalized spacial score (nSPS) is 10.8. The molecule has 4 rings (SSSR count). The van der Waals surface area contributed by atoms with E-state index in [1.54, 1.807) is 18.3 Å². The zero-order valence-electron chi connectivity index (χ0n) is 19.5. The average molecular weight is 462 g/mol. The van der Waals surface area contributed by atoms with Crippen LogP contribution in [0.5, 0.6) is 17.2 Å². The van der Waals surface area contributed by atoms with Crippen LogP contribution in [0.15, 0.2) is 59.1 Å². The highest BCUT2D eigenvalue weighted by molar-refractivity contribution is 5.95. The molecule has 2 aromatic carbocycles. The Balaban J connectivity index is 1.47. The molecular weight excluding hydrogens is 434 g/mol. The average Bonchev–Trinajstić information content (AvgIpc) is 3.29. The predicted molar refractivity (Wildman–Crippen MR) is 128 cm³/mol. The van der Waals surface area contributed by atoms with Crippen LogP contribution < -0.4 is 19.5 Å². The van der Waals surface area contributed by atoms with Crippen LogP contribution in [0.3, 0.4) is 0 Å². The van der Waals surface area contributed by atoms with Crippen molar-refractivity contribution < 1.29 is 23.4 Å². The van der Waals surface area contributed by atoms with Gasteiger partial charge in [0.15, 0.2) is 22.7 Å². The van der Waals surface area contributed by atoms with Gasteiger partial charge in [-0.2, -0.15) is 4.98 Å². The van der Waals surface area contributed by atoms with Gasteiger partial charge in [0.25, 0.3) is 5.91 Å². The fourth-order valence-electron chi connectivity index (χ4n) is 3.46. The van der Waals surface area contributed by atoms with Gasteiger partial charge in [-0.05, 0) is 62.7 Å². The van der Waals surface area contributed by atoms with Crippen LogP contribution in [0.4, 0.5) is 0 Å². The van der Waals surface area contributed by atoms with E-state index < -0.39 is 0 Å². The third kappa shape index (κ3) is 5.11. The lowest BCUT2D eigenvalue weighted by Crippen LogP contribution is -2.23. The molecule has 0 aliphatic carbocycles. The molecule has 176 valence electrons. The lowest BCUT2D eigenvalue weighted by Gasteiger charge is -2.17. The molecule has 1 N–H and O–H groups in total. The van der Waals surface area contributed by atoms with Gasteiger partial charge in [-0.25, -0.2) is 4.98 Å². The van der Waals surface area contributed by atoms with Crippen molar-refractivity contribution in [3.05, 3.63) is 65.9 Å². The second kappa shape index (κ2) is 10.7. The number of aromatic nitrogens is 2. The van der Waals surface area contributed by atoms with Crippen molar-refractivity contribution >= 4 is 17.1 Å². The van der Waals surface area contributed by atoms with Gasteiger partial charge in [0.2, 0.25) is 11.6 Å². The van der Waals surface area contributed by atoms with Gasteiger partial charge in [-0.15, -0.1) is 0 Å². The maximum atomic E-state index is 12.9. The zero-order valence-corrected chi connectivity index (χ0v) is 19.5. The molecule has 0 atom stereocenters. The Kier molecular flexibility index (Phi) is 7.27. The molecule has 0 bridgehead atoms. The number of amides is 1. The zero-order chi connectivity index (χ0) is 23.9. The third-order valence-electron chi connectivity index (χ3n) is 4.99. The quantitative estimate of drug-likeness (QED) is 0.354. The van der Waals surface area contributed by atoms with Gasteiger partial charge in [-0.3, -0.25) is 4.79 Å². The lowest BCUT2D eigenvalue weighted by molar-refractivity contribution is 0.0949.